The molecule has 200 valence electrons. The fourth-order valence-electron chi connectivity index (χ4n) is 4.62. The highest BCUT2D eigenvalue weighted by Gasteiger charge is 2.34. The predicted octanol–water partition coefficient (Wildman–Crippen LogP) is 6.90. The van der Waals surface area contributed by atoms with Crippen molar-refractivity contribution in [2.45, 2.75) is 51.9 Å². The van der Waals surface area contributed by atoms with Crippen molar-refractivity contribution in [2.75, 3.05) is 16.4 Å². The lowest BCUT2D eigenvalue weighted by atomic mass is 9.94. The first-order chi connectivity index (χ1) is 18.9. The van der Waals surface area contributed by atoms with Crippen LogP contribution in [0.5, 0.6) is 5.75 Å². The first kappa shape index (κ1) is 26.6. The van der Waals surface area contributed by atoms with Crippen molar-refractivity contribution in [1.82, 2.24) is 14.8 Å². The highest BCUT2D eigenvalue weighted by Crippen LogP contribution is 2.37. The quantitative estimate of drug-likeness (QED) is 0.225. The Morgan fingerprint density at radius 2 is 1.82 bits per heavy atom. The molecule has 7 nitrogen and oxygen atoms in total. The lowest BCUT2D eigenvalue weighted by molar-refractivity contribution is -0.113. The summed E-state index contributed by atoms with van der Waals surface area (Å²) in [4.78, 5) is 18.5. The number of hydrogen-bond donors (Lipinski definition) is 2. The summed E-state index contributed by atoms with van der Waals surface area (Å²) >= 11 is 1.61. The summed E-state index contributed by atoms with van der Waals surface area (Å²) in [5.74, 6) is 2.14. The van der Waals surface area contributed by atoms with Crippen LogP contribution in [0.3, 0.4) is 0 Å². The van der Waals surface area contributed by atoms with Gasteiger partial charge >= 0.3 is 0 Å². The Morgan fingerprint density at radius 1 is 1.05 bits per heavy atom. The van der Waals surface area contributed by atoms with Gasteiger partial charge in [-0.25, -0.2) is 4.68 Å². The van der Waals surface area contributed by atoms with Crippen molar-refractivity contribution in [3.05, 3.63) is 106 Å². The Morgan fingerprint density at radius 3 is 2.54 bits per heavy atom. The number of nitrogens with zero attached hydrogens (tertiary/aromatic N) is 3. The smallest absolute Gasteiger partial charge is 0.255 e. The molecule has 0 bridgehead atoms. The van der Waals surface area contributed by atoms with Gasteiger partial charge in [-0.3, -0.25) is 4.79 Å². The lowest BCUT2D eigenvalue weighted by Gasteiger charge is -2.29. The summed E-state index contributed by atoms with van der Waals surface area (Å²) < 4.78 is 7.83. The Labute approximate surface area is 233 Å². The van der Waals surface area contributed by atoms with E-state index in [1.54, 1.807) is 11.8 Å². The Bertz CT molecular complexity index is 1500. The van der Waals surface area contributed by atoms with Crippen LogP contribution in [0.2, 0.25) is 0 Å². The molecule has 0 radical (unpaired) electrons. The van der Waals surface area contributed by atoms with E-state index in [9.17, 15) is 4.79 Å². The van der Waals surface area contributed by atoms with E-state index in [0.29, 0.717) is 23.3 Å². The number of anilines is 2. The molecule has 2 N–H and O–H groups in total. The highest BCUT2D eigenvalue weighted by atomic mass is 32.2. The van der Waals surface area contributed by atoms with Crippen molar-refractivity contribution >= 4 is 29.3 Å². The minimum absolute atomic E-state index is 0.176. The SMILES string of the molecule is CCCSc1nc2n(n1)C(c1ccc(OCc3ccccc3)cc1)C(C(=O)Nc1ccc(C)cc1C)=C(C)N2. The van der Waals surface area contributed by atoms with Crippen molar-refractivity contribution in [3.63, 3.8) is 0 Å². The maximum Gasteiger partial charge on any atom is 0.255 e. The van der Waals surface area contributed by atoms with Crippen molar-refractivity contribution in [2.24, 2.45) is 0 Å². The molecule has 8 heteroatoms. The van der Waals surface area contributed by atoms with E-state index in [4.69, 9.17) is 14.8 Å². The summed E-state index contributed by atoms with van der Waals surface area (Å²) in [6, 6.07) is 23.5. The van der Waals surface area contributed by atoms with E-state index in [1.807, 2.05) is 92.2 Å². The molecule has 1 amide bonds. The first-order valence-electron chi connectivity index (χ1n) is 13.2. The number of aryl methyl sites for hydroxylation is 2. The van der Waals surface area contributed by atoms with Crippen molar-refractivity contribution < 1.29 is 9.53 Å². The van der Waals surface area contributed by atoms with E-state index < -0.39 is 6.04 Å². The molecule has 0 saturated carbocycles. The maximum absolute atomic E-state index is 13.8. The van der Waals surface area contributed by atoms with Crippen LogP contribution >= 0.6 is 11.8 Å². The average Bonchev–Trinajstić information content (AvgIpc) is 3.34. The second-order valence-electron chi connectivity index (χ2n) is 9.69. The molecule has 0 spiro atoms. The molecule has 1 aliphatic rings. The third-order valence-corrected chi connectivity index (χ3v) is 7.63. The number of allylic oxidation sites excluding steroid dienone is 1. The van der Waals surface area contributed by atoms with E-state index in [0.717, 1.165) is 51.6 Å². The van der Waals surface area contributed by atoms with Crippen LogP contribution in [0.4, 0.5) is 11.6 Å². The minimum atomic E-state index is -0.446. The average molecular weight is 540 g/mol. The van der Waals surface area contributed by atoms with Crippen LogP contribution in [-0.2, 0) is 11.4 Å². The summed E-state index contributed by atoms with van der Waals surface area (Å²) in [5, 5.41) is 11.9. The third kappa shape index (κ3) is 6.01. The number of ether oxygens (including phenoxy) is 1. The fourth-order valence-corrected chi connectivity index (χ4v) is 5.30. The molecule has 3 aromatic carbocycles. The molecule has 5 rings (SSSR count). The minimum Gasteiger partial charge on any atom is -0.489 e. The summed E-state index contributed by atoms with van der Waals surface area (Å²) in [6.07, 6.45) is 1.02. The molecule has 2 heterocycles. The molecular formula is C31H33N5O2S. The van der Waals surface area contributed by atoms with Crippen LogP contribution in [0.1, 0.15) is 48.6 Å². The Kier molecular flexibility index (Phi) is 8.02. The molecule has 0 aliphatic carbocycles. The standard InChI is InChI=1S/C31H33N5O2S/c1-5-17-39-31-34-30-32-22(4)27(29(37)33-26-16-11-20(2)18-21(26)3)28(36(30)35-31)24-12-14-25(15-13-24)38-19-23-9-7-6-8-10-23/h6-16,18,28H,5,17,19H2,1-4H3,(H,33,37)(H,32,34,35). The number of rotatable bonds is 9. The molecule has 1 aliphatic heterocycles. The number of hydrogen-bond acceptors (Lipinski definition) is 6. The zero-order valence-corrected chi connectivity index (χ0v) is 23.5. The second kappa shape index (κ2) is 11.8. The number of benzene rings is 3. The second-order valence-corrected chi connectivity index (χ2v) is 10.8. The number of carbonyl (C=O) groups excluding carboxylic acids is 1. The highest BCUT2D eigenvalue weighted by molar-refractivity contribution is 7.99. The number of thioether (sulfide) groups is 1. The molecule has 1 aromatic heterocycles. The maximum atomic E-state index is 13.8. The van der Waals surface area contributed by atoms with Crippen LogP contribution in [0.25, 0.3) is 0 Å². The van der Waals surface area contributed by atoms with Gasteiger partial charge in [0.2, 0.25) is 11.1 Å². The Balaban J connectivity index is 1.46. The van der Waals surface area contributed by atoms with Gasteiger partial charge in [-0.2, -0.15) is 4.98 Å². The number of fused-ring (bicyclic) bond motifs is 1. The molecule has 0 saturated heterocycles. The predicted molar refractivity (Wildman–Crippen MR) is 157 cm³/mol. The number of amides is 1. The number of aromatic nitrogens is 3. The van der Waals surface area contributed by atoms with Gasteiger partial charge in [-0.1, -0.05) is 78.8 Å². The van der Waals surface area contributed by atoms with Gasteiger partial charge in [0.1, 0.15) is 18.4 Å². The topological polar surface area (TPSA) is 81.1 Å². The van der Waals surface area contributed by atoms with Gasteiger partial charge in [-0.05, 0) is 62.1 Å². The largest absolute Gasteiger partial charge is 0.489 e. The zero-order valence-electron chi connectivity index (χ0n) is 22.7. The van der Waals surface area contributed by atoms with E-state index in [-0.39, 0.29) is 5.91 Å². The number of nitrogens with one attached hydrogen (secondary N) is 2. The van der Waals surface area contributed by atoms with Crippen LogP contribution in [0, 0.1) is 13.8 Å². The normalized spacial score (nSPS) is 14.5. The molecule has 4 aromatic rings. The first-order valence-corrected chi connectivity index (χ1v) is 14.1. The van der Waals surface area contributed by atoms with Gasteiger partial charge in [0.15, 0.2) is 0 Å². The monoisotopic (exact) mass is 539 g/mol. The van der Waals surface area contributed by atoms with E-state index >= 15 is 0 Å². The van der Waals surface area contributed by atoms with E-state index in [2.05, 4.69) is 23.6 Å². The fraction of sp³-hybridized carbons (Fsp3) is 0.258. The van der Waals surface area contributed by atoms with Gasteiger partial charge in [0.05, 0.1) is 5.57 Å². The Hall–Kier alpha value is -4.04. The van der Waals surface area contributed by atoms with Gasteiger partial charge in [-0.15, -0.1) is 5.10 Å². The molecule has 1 unspecified atom stereocenters. The van der Waals surface area contributed by atoms with Crippen molar-refractivity contribution in [3.8, 4) is 5.75 Å². The van der Waals surface area contributed by atoms with E-state index in [1.165, 1.54) is 0 Å². The summed E-state index contributed by atoms with van der Waals surface area (Å²) in [6.45, 7) is 8.58. The van der Waals surface area contributed by atoms with Crippen LogP contribution in [0.15, 0.2) is 89.2 Å². The molecular weight excluding hydrogens is 506 g/mol. The van der Waals surface area contributed by atoms with Gasteiger partial charge in [0.25, 0.3) is 5.91 Å². The zero-order chi connectivity index (χ0) is 27.4. The number of carbonyl (C=O) groups is 1. The van der Waals surface area contributed by atoms with Gasteiger partial charge in [0, 0.05) is 17.1 Å². The lowest BCUT2D eigenvalue weighted by Crippen LogP contribution is -2.31. The van der Waals surface area contributed by atoms with Gasteiger partial charge < -0.3 is 15.4 Å². The molecule has 0 fully saturated rings. The summed E-state index contributed by atoms with van der Waals surface area (Å²) in [5.41, 5.74) is 6.33. The van der Waals surface area contributed by atoms with Crippen molar-refractivity contribution in [1.29, 1.82) is 0 Å². The third-order valence-electron chi connectivity index (χ3n) is 6.59. The molecule has 39 heavy (non-hydrogen) atoms. The van der Waals surface area contributed by atoms with Crippen LogP contribution < -0.4 is 15.4 Å². The van der Waals surface area contributed by atoms with Crippen LogP contribution in [-0.4, -0.2) is 26.4 Å². The summed E-state index contributed by atoms with van der Waals surface area (Å²) in [7, 11) is 0. The molecule has 1 atom stereocenters.